The van der Waals surface area contributed by atoms with Crippen molar-refractivity contribution in [2.45, 2.75) is 38.9 Å². The van der Waals surface area contributed by atoms with Gasteiger partial charge in [0.2, 0.25) is 5.91 Å². The minimum Gasteiger partial charge on any atom is -0.356 e. The fraction of sp³-hybridized carbons (Fsp3) is 0.588. The molecule has 1 fully saturated rings. The largest absolute Gasteiger partial charge is 0.356 e. The van der Waals surface area contributed by atoms with Crippen molar-refractivity contribution in [1.82, 2.24) is 5.32 Å². The molecule has 1 N–H and O–H groups in total. The Morgan fingerprint density at radius 1 is 1.29 bits per heavy atom. The van der Waals surface area contributed by atoms with Crippen LogP contribution in [0.3, 0.4) is 0 Å². The van der Waals surface area contributed by atoms with Gasteiger partial charge in [0.15, 0.2) is 5.79 Å². The molecule has 0 aliphatic carbocycles. The fourth-order valence-electron chi connectivity index (χ4n) is 2.66. The molecule has 1 aliphatic heterocycles. The Morgan fingerprint density at radius 3 is 2.62 bits per heavy atom. The van der Waals surface area contributed by atoms with Crippen molar-refractivity contribution < 1.29 is 14.3 Å². The molecule has 4 nitrogen and oxygen atoms in total. The lowest BCUT2D eigenvalue weighted by Crippen LogP contribution is -2.34. The molecule has 21 heavy (non-hydrogen) atoms. The lowest BCUT2D eigenvalue weighted by molar-refractivity contribution is -0.154. The van der Waals surface area contributed by atoms with Crippen LogP contribution >= 0.6 is 0 Å². The van der Waals surface area contributed by atoms with Crippen molar-refractivity contribution in [2.75, 3.05) is 19.8 Å². The zero-order valence-corrected chi connectivity index (χ0v) is 12.9. The lowest BCUT2D eigenvalue weighted by Gasteiger charge is -2.26. The molecule has 1 amide bonds. The predicted molar refractivity (Wildman–Crippen MR) is 81.9 cm³/mol. The number of benzene rings is 1. The molecule has 1 aliphatic rings. The van der Waals surface area contributed by atoms with Crippen molar-refractivity contribution in [3.8, 4) is 0 Å². The Morgan fingerprint density at radius 2 is 1.95 bits per heavy atom. The molecular weight excluding hydrogens is 266 g/mol. The molecule has 1 aromatic carbocycles. The summed E-state index contributed by atoms with van der Waals surface area (Å²) in [5.41, 5.74) is 1.20. The molecule has 0 bridgehead atoms. The van der Waals surface area contributed by atoms with Crippen LogP contribution in [0.1, 0.15) is 32.3 Å². The van der Waals surface area contributed by atoms with Gasteiger partial charge in [-0.05, 0) is 24.8 Å². The van der Waals surface area contributed by atoms with Gasteiger partial charge < -0.3 is 14.8 Å². The summed E-state index contributed by atoms with van der Waals surface area (Å²) in [6.45, 7) is 6.05. The minimum atomic E-state index is -0.478. The van der Waals surface area contributed by atoms with E-state index >= 15 is 0 Å². The maximum absolute atomic E-state index is 11.9. The molecular formula is C17H25NO3. The Labute approximate surface area is 126 Å². The van der Waals surface area contributed by atoms with Crippen molar-refractivity contribution >= 4 is 5.91 Å². The van der Waals surface area contributed by atoms with Gasteiger partial charge >= 0.3 is 0 Å². The smallest absolute Gasteiger partial charge is 0.220 e. The maximum atomic E-state index is 11.9. The highest BCUT2D eigenvalue weighted by atomic mass is 16.7. The second-order valence-electron chi connectivity index (χ2n) is 5.93. The van der Waals surface area contributed by atoms with E-state index < -0.39 is 5.79 Å². The van der Waals surface area contributed by atoms with Crippen LogP contribution in [0, 0.1) is 5.92 Å². The standard InChI is InChI=1S/C17H25NO3/c1-14(12-17(2)20-10-11-21-17)13-18-16(19)9-8-15-6-4-3-5-7-15/h3-7,14H,8-13H2,1-2H3,(H,18,19). The maximum Gasteiger partial charge on any atom is 0.220 e. The van der Waals surface area contributed by atoms with E-state index in [-0.39, 0.29) is 5.91 Å². The fourth-order valence-corrected chi connectivity index (χ4v) is 2.66. The molecule has 1 heterocycles. The first-order valence-electron chi connectivity index (χ1n) is 7.66. The number of hydrogen-bond acceptors (Lipinski definition) is 3. The van der Waals surface area contributed by atoms with Gasteiger partial charge in [0.1, 0.15) is 0 Å². The van der Waals surface area contributed by atoms with Gasteiger partial charge in [-0.15, -0.1) is 0 Å². The Balaban J connectivity index is 1.64. The summed E-state index contributed by atoms with van der Waals surface area (Å²) >= 11 is 0. The molecule has 0 aromatic heterocycles. The number of nitrogens with one attached hydrogen (secondary N) is 1. The molecule has 0 saturated carbocycles. The third kappa shape index (κ3) is 5.48. The third-order valence-electron chi connectivity index (χ3n) is 3.75. The summed E-state index contributed by atoms with van der Waals surface area (Å²) in [5, 5.41) is 2.99. The third-order valence-corrected chi connectivity index (χ3v) is 3.75. The SMILES string of the molecule is CC(CNC(=O)CCc1ccccc1)CC1(C)OCCO1. The zero-order chi connectivity index (χ0) is 15.1. The van der Waals surface area contributed by atoms with Crippen LogP contribution in [0.25, 0.3) is 0 Å². The Hall–Kier alpha value is -1.39. The monoisotopic (exact) mass is 291 g/mol. The zero-order valence-electron chi connectivity index (χ0n) is 12.9. The van der Waals surface area contributed by atoms with Gasteiger partial charge in [-0.1, -0.05) is 37.3 Å². The Bertz CT molecular complexity index is 441. The normalized spacial score (nSPS) is 18.4. The number of carbonyl (C=O) groups excluding carboxylic acids is 1. The summed E-state index contributed by atoms with van der Waals surface area (Å²) in [4.78, 5) is 11.9. The first kappa shape index (κ1) is 16.0. The van der Waals surface area contributed by atoms with E-state index in [9.17, 15) is 4.79 Å². The van der Waals surface area contributed by atoms with E-state index in [1.807, 2.05) is 37.3 Å². The number of hydrogen-bond donors (Lipinski definition) is 1. The van der Waals surface area contributed by atoms with E-state index in [1.165, 1.54) is 5.56 Å². The molecule has 116 valence electrons. The van der Waals surface area contributed by atoms with Crippen LogP contribution < -0.4 is 5.32 Å². The van der Waals surface area contributed by atoms with Gasteiger partial charge in [-0.2, -0.15) is 0 Å². The van der Waals surface area contributed by atoms with Crippen molar-refractivity contribution in [2.24, 2.45) is 5.92 Å². The molecule has 4 heteroatoms. The number of aryl methyl sites for hydroxylation is 1. The van der Waals surface area contributed by atoms with E-state index in [2.05, 4.69) is 12.2 Å². The molecule has 0 radical (unpaired) electrons. The van der Waals surface area contributed by atoms with Crippen LogP contribution in [0.5, 0.6) is 0 Å². The summed E-state index contributed by atoms with van der Waals surface area (Å²) in [6.07, 6.45) is 2.11. The van der Waals surface area contributed by atoms with Gasteiger partial charge in [0.05, 0.1) is 13.2 Å². The molecule has 1 atom stereocenters. The van der Waals surface area contributed by atoms with Crippen LogP contribution in [0.15, 0.2) is 30.3 Å². The van der Waals surface area contributed by atoms with Gasteiger partial charge in [-0.25, -0.2) is 0 Å². The highest BCUT2D eigenvalue weighted by Crippen LogP contribution is 2.26. The number of ether oxygens (including phenoxy) is 2. The summed E-state index contributed by atoms with van der Waals surface area (Å²) < 4.78 is 11.2. The van der Waals surface area contributed by atoms with Gasteiger partial charge in [0.25, 0.3) is 0 Å². The van der Waals surface area contributed by atoms with Crippen LogP contribution in [-0.2, 0) is 20.7 Å². The second kappa shape index (κ2) is 7.57. The lowest BCUT2D eigenvalue weighted by atomic mass is 10.0. The first-order valence-corrected chi connectivity index (χ1v) is 7.66. The van der Waals surface area contributed by atoms with Crippen LogP contribution in [0.4, 0.5) is 0 Å². The minimum absolute atomic E-state index is 0.101. The first-order chi connectivity index (χ1) is 10.1. The quantitative estimate of drug-likeness (QED) is 0.840. The topological polar surface area (TPSA) is 47.6 Å². The van der Waals surface area contributed by atoms with Crippen molar-refractivity contribution in [1.29, 1.82) is 0 Å². The summed E-state index contributed by atoms with van der Waals surface area (Å²) in [5.74, 6) is -0.0494. The average molecular weight is 291 g/mol. The van der Waals surface area contributed by atoms with Crippen molar-refractivity contribution in [3.63, 3.8) is 0 Å². The van der Waals surface area contributed by atoms with E-state index in [4.69, 9.17) is 9.47 Å². The Kier molecular flexibility index (Phi) is 5.76. The highest BCUT2D eigenvalue weighted by Gasteiger charge is 2.32. The highest BCUT2D eigenvalue weighted by molar-refractivity contribution is 5.76. The average Bonchev–Trinajstić information content (AvgIpc) is 2.90. The molecule has 1 saturated heterocycles. The number of carbonyl (C=O) groups is 1. The molecule has 1 unspecified atom stereocenters. The van der Waals surface area contributed by atoms with Crippen LogP contribution in [-0.4, -0.2) is 31.5 Å². The number of amides is 1. The van der Waals surface area contributed by atoms with E-state index in [1.54, 1.807) is 0 Å². The van der Waals surface area contributed by atoms with Crippen molar-refractivity contribution in [3.05, 3.63) is 35.9 Å². The molecule has 0 spiro atoms. The molecule has 1 aromatic rings. The molecule has 2 rings (SSSR count). The number of rotatable bonds is 7. The predicted octanol–water partition coefficient (Wildman–Crippen LogP) is 2.52. The summed E-state index contributed by atoms with van der Waals surface area (Å²) in [6, 6.07) is 10.1. The van der Waals surface area contributed by atoms with E-state index in [0.29, 0.717) is 32.1 Å². The van der Waals surface area contributed by atoms with Crippen LogP contribution in [0.2, 0.25) is 0 Å². The van der Waals surface area contributed by atoms with Gasteiger partial charge in [0, 0.05) is 19.4 Å². The van der Waals surface area contributed by atoms with E-state index in [0.717, 1.165) is 12.8 Å². The summed E-state index contributed by atoms with van der Waals surface area (Å²) in [7, 11) is 0. The van der Waals surface area contributed by atoms with Gasteiger partial charge in [-0.3, -0.25) is 4.79 Å². The second-order valence-corrected chi connectivity index (χ2v) is 5.93.